The Morgan fingerprint density at radius 3 is 3.00 bits per heavy atom. The summed E-state index contributed by atoms with van der Waals surface area (Å²) >= 11 is 1.57. The van der Waals surface area contributed by atoms with Crippen molar-refractivity contribution in [3.05, 3.63) is 23.9 Å². The third-order valence-corrected chi connectivity index (χ3v) is 4.23. The first kappa shape index (κ1) is 13.1. The fraction of sp³-hybridized carbons (Fsp3) is 0.333. The van der Waals surface area contributed by atoms with Crippen molar-refractivity contribution in [1.29, 1.82) is 0 Å². The first-order valence-corrected chi connectivity index (χ1v) is 7.01. The van der Waals surface area contributed by atoms with Crippen molar-refractivity contribution >= 4 is 22.9 Å². The van der Waals surface area contributed by atoms with E-state index >= 15 is 0 Å². The predicted molar refractivity (Wildman–Crippen MR) is 76.5 cm³/mol. The average Bonchev–Trinajstić information content (AvgIpc) is 2.99. The number of rotatable bonds is 4. The lowest BCUT2D eigenvalue weighted by Gasteiger charge is -2.05. The van der Waals surface area contributed by atoms with Gasteiger partial charge in [-0.05, 0) is 25.7 Å². The zero-order valence-electron chi connectivity index (χ0n) is 11.5. The van der Waals surface area contributed by atoms with E-state index in [0.29, 0.717) is 5.65 Å². The van der Waals surface area contributed by atoms with Gasteiger partial charge < -0.3 is 10.3 Å². The summed E-state index contributed by atoms with van der Waals surface area (Å²) < 4.78 is 1.89. The number of nitrogens with one attached hydrogen (secondary N) is 2. The molecule has 3 aromatic rings. The van der Waals surface area contributed by atoms with Crippen LogP contribution in [0.5, 0.6) is 0 Å². The Bertz CT molecular complexity index is 745. The second-order valence-corrected chi connectivity index (χ2v) is 5.38. The summed E-state index contributed by atoms with van der Waals surface area (Å²) in [6.45, 7) is 2.79. The molecule has 8 heteroatoms. The molecule has 0 aliphatic carbocycles. The van der Waals surface area contributed by atoms with Crippen molar-refractivity contribution < 1.29 is 0 Å². The van der Waals surface area contributed by atoms with Gasteiger partial charge in [-0.15, -0.1) is 0 Å². The Kier molecular flexibility index (Phi) is 3.41. The first-order valence-electron chi connectivity index (χ1n) is 6.19. The van der Waals surface area contributed by atoms with Crippen LogP contribution < -0.4 is 5.32 Å². The Labute approximate surface area is 120 Å². The molecule has 0 aliphatic heterocycles. The number of fused-ring (bicyclic) bond motifs is 1. The van der Waals surface area contributed by atoms with Crippen molar-refractivity contribution in [2.45, 2.75) is 23.5 Å². The van der Waals surface area contributed by atoms with E-state index in [1.807, 2.05) is 25.7 Å². The summed E-state index contributed by atoms with van der Waals surface area (Å²) in [5, 5.41) is 9.59. The number of imidazole rings is 1. The van der Waals surface area contributed by atoms with Crippen LogP contribution in [-0.2, 0) is 13.6 Å². The van der Waals surface area contributed by atoms with Gasteiger partial charge in [-0.3, -0.25) is 4.68 Å². The Morgan fingerprint density at radius 2 is 2.20 bits per heavy atom. The van der Waals surface area contributed by atoms with Crippen molar-refractivity contribution in [3.8, 4) is 0 Å². The van der Waals surface area contributed by atoms with Crippen molar-refractivity contribution in [1.82, 2.24) is 35.0 Å². The molecule has 3 rings (SSSR count). The number of nitrogens with zero attached hydrogens (tertiary/aromatic N) is 5. The minimum absolute atomic E-state index is 0.677. The lowest BCUT2D eigenvalue weighted by Crippen LogP contribution is -2.07. The molecule has 0 amide bonds. The summed E-state index contributed by atoms with van der Waals surface area (Å²) in [5.74, 6) is 0. The van der Waals surface area contributed by atoms with E-state index in [1.54, 1.807) is 18.1 Å². The van der Waals surface area contributed by atoms with Crippen LogP contribution in [0.4, 0.5) is 0 Å². The van der Waals surface area contributed by atoms with E-state index in [-0.39, 0.29) is 0 Å². The molecule has 3 heterocycles. The quantitative estimate of drug-likeness (QED) is 0.704. The molecule has 2 N–H and O–H groups in total. The Hall–Kier alpha value is -1.93. The van der Waals surface area contributed by atoms with E-state index in [0.717, 1.165) is 27.8 Å². The van der Waals surface area contributed by atoms with E-state index in [4.69, 9.17) is 0 Å². The second-order valence-electron chi connectivity index (χ2n) is 4.41. The number of hydrogen-bond acceptors (Lipinski definition) is 6. The number of hydrogen-bond donors (Lipinski definition) is 2. The van der Waals surface area contributed by atoms with Crippen LogP contribution >= 0.6 is 11.8 Å². The zero-order valence-corrected chi connectivity index (χ0v) is 12.3. The smallest absolute Gasteiger partial charge is 0.181 e. The molecule has 7 nitrogen and oxygen atoms in total. The molecule has 0 bridgehead atoms. The lowest BCUT2D eigenvalue weighted by atomic mass is 10.3. The van der Waals surface area contributed by atoms with E-state index in [2.05, 4.69) is 30.4 Å². The van der Waals surface area contributed by atoms with Crippen LogP contribution in [-0.4, -0.2) is 36.8 Å². The fourth-order valence-electron chi connectivity index (χ4n) is 2.10. The largest absolute Gasteiger partial charge is 0.341 e. The Balaban J connectivity index is 2.05. The van der Waals surface area contributed by atoms with Crippen LogP contribution in [0.15, 0.2) is 22.7 Å². The molecule has 104 valence electrons. The molecular formula is C12H15N7S. The number of aromatic amines is 1. The fourth-order valence-corrected chi connectivity index (χ4v) is 3.15. The monoisotopic (exact) mass is 289 g/mol. The molecule has 0 fully saturated rings. The number of aryl methyl sites for hydroxylation is 2. The van der Waals surface area contributed by atoms with Gasteiger partial charge >= 0.3 is 0 Å². The highest BCUT2D eigenvalue weighted by molar-refractivity contribution is 7.99. The topological polar surface area (TPSA) is 84.3 Å². The van der Waals surface area contributed by atoms with Gasteiger partial charge in [0.2, 0.25) is 0 Å². The van der Waals surface area contributed by atoms with Gasteiger partial charge in [0.05, 0.1) is 12.0 Å². The van der Waals surface area contributed by atoms with E-state index in [9.17, 15) is 0 Å². The maximum atomic E-state index is 4.48. The maximum Gasteiger partial charge on any atom is 0.181 e. The normalized spacial score (nSPS) is 11.3. The first-order chi connectivity index (χ1) is 9.70. The summed E-state index contributed by atoms with van der Waals surface area (Å²) in [4.78, 5) is 15.7. The van der Waals surface area contributed by atoms with Crippen LogP contribution in [0.3, 0.4) is 0 Å². The van der Waals surface area contributed by atoms with Gasteiger partial charge in [-0.2, -0.15) is 5.10 Å². The molecular weight excluding hydrogens is 274 g/mol. The molecule has 20 heavy (non-hydrogen) atoms. The summed E-state index contributed by atoms with van der Waals surface area (Å²) in [7, 11) is 3.87. The second kappa shape index (κ2) is 5.22. The highest BCUT2D eigenvalue weighted by atomic mass is 32.2. The molecule has 0 aliphatic rings. The molecule has 0 radical (unpaired) electrons. The van der Waals surface area contributed by atoms with Crippen molar-refractivity contribution in [2.24, 2.45) is 7.05 Å². The van der Waals surface area contributed by atoms with Crippen LogP contribution in [0.25, 0.3) is 11.2 Å². The van der Waals surface area contributed by atoms with Gasteiger partial charge in [-0.25, -0.2) is 15.0 Å². The van der Waals surface area contributed by atoms with Gasteiger partial charge in [0.25, 0.3) is 0 Å². The molecule has 0 saturated heterocycles. The van der Waals surface area contributed by atoms with Gasteiger partial charge in [0.15, 0.2) is 5.65 Å². The van der Waals surface area contributed by atoms with Crippen LogP contribution in [0.2, 0.25) is 0 Å². The van der Waals surface area contributed by atoms with Crippen LogP contribution in [0, 0.1) is 6.92 Å². The third-order valence-electron chi connectivity index (χ3n) is 3.02. The summed E-state index contributed by atoms with van der Waals surface area (Å²) in [5.41, 5.74) is 3.74. The number of H-pyrrole nitrogens is 1. The lowest BCUT2D eigenvalue weighted by molar-refractivity contribution is 0.683. The highest BCUT2D eigenvalue weighted by Crippen LogP contribution is 2.32. The number of aromatic nitrogens is 6. The molecule has 0 spiro atoms. The van der Waals surface area contributed by atoms with E-state index < -0.39 is 0 Å². The van der Waals surface area contributed by atoms with Gasteiger partial charge in [-0.1, -0.05) is 0 Å². The van der Waals surface area contributed by atoms with Gasteiger partial charge in [0.1, 0.15) is 21.9 Å². The maximum absolute atomic E-state index is 4.48. The molecule has 0 saturated carbocycles. The Morgan fingerprint density at radius 1 is 1.35 bits per heavy atom. The standard InChI is InChI=1S/C12H15N7S/c1-7-8(4-13-2)12(19(3)18-7)20-11-9-10(15-5-14-9)16-6-17-11/h5-6,13H,4H2,1-3H3,(H,14,15,16,17). The van der Waals surface area contributed by atoms with Crippen molar-refractivity contribution in [2.75, 3.05) is 7.05 Å². The van der Waals surface area contributed by atoms with Gasteiger partial charge in [0, 0.05) is 19.2 Å². The van der Waals surface area contributed by atoms with E-state index in [1.165, 1.54) is 11.9 Å². The highest BCUT2D eigenvalue weighted by Gasteiger charge is 2.16. The predicted octanol–water partition coefficient (Wildman–Crippen LogP) is 1.27. The van der Waals surface area contributed by atoms with Crippen LogP contribution in [0.1, 0.15) is 11.3 Å². The summed E-state index contributed by atoms with van der Waals surface area (Å²) in [6.07, 6.45) is 3.17. The zero-order chi connectivity index (χ0) is 14.1. The molecule has 3 aromatic heterocycles. The minimum Gasteiger partial charge on any atom is -0.341 e. The SMILES string of the molecule is CNCc1c(C)nn(C)c1Sc1ncnc2nc[nH]c12. The minimum atomic E-state index is 0.677. The summed E-state index contributed by atoms with van der Waals surface area (Å²) in [6, 6.07) is 0. The van der Waals surface area contributed by atoms with Crippen molar-refractivity contribution in [3.63, 3.8) is 0 Å². The molecule has 0 unspecified atom stereocenters. The third kappa shape index (κ3) is 2.16. The average molecular weight is 289 g/mol. The molecule has 0 aromatic carbocycles. The molecule has 0 atom stereocenters.